The first-order valence-electron chi connectivity index (χ1n) is 7.61. The molecule has 2 heterocycles. The van der Waals surface area contributed by atoms with Crippen molar-refractivity contribution in [3.8, 4) is 0 Å². The predicted octanol–water partition coefficient (Wildman–Crippen LogP) is 1.26. The maximum atomic E-state index is 8.93. The number of aromatic nitrogens is 3. The van der Waals surface area contributed by atoms with Crippen LogP contribution in [0.15, 0.2) is 0 Å². The van der Waals surface area contributed by atoms with Crippen LogP contribution in [0.5, 0.6) is 0 Å². The second kappa shape index (κ2) is 6.89. The van der Waals surface area contributed by atoms with Gasteiger partial charge < -0.3 is 21.1 Å². The Morgan fingerprint density at radius 1 is 1.24 bits per heavy atom. The molecule has 118 valence electrons. The number of hydrogen-bond acceptors (Lipinski definition) is 7. The number of nitrogens with one attached hydrogen (secondary N) is 1. The van der Waals surface area contributed by atoms with Crippen molar-refractivity contribution in [2.24, 2.45) is 5.41 Å². The number of anilines is 3. The molecule has 1 saturated heterocycles. The van der Waals surface area contributed by atoms with Gasteiger partial charge in [-0.15, -0.1) is 0 Å². The van der Waals surface area contributed by atoms with Gasteiger partial charge in [0.15, 0.2) is 0 Å². The Balaban J connectivity index is 1.99. The van der Waals surface area contributed by atoms with Crippen LogP contribution in [0, 0.1) is 5.41 Å². The Morgan fingerprint density at radius 2 is 1.95 bits per heavy atom. The van der Waals surface area contributed by atoms with Gasteiger partial charge >= 0.3 is 0 Å². The van der Waals surface area contributed by atoms with Crippen LogP contribution in [0.25, 0.3) is 0 Å². The van der Waals surface area contributed by atoms with Gasteiger partial charge in [-0.3, -0.25) is 0 Å². The molecule has 4 N–H and O–H groups in total. The third kappa shape index (κ3) is 4.70. The molecule has 7 nitrogen and oxygen atoms in total. The van der Waals surface area contributed by atoms with Gasteiger partial charge in [0.2, 0.25) is 17.8 Å². The highest BCUT2D eigenvalue weighted by molar-refractivity contribution is 5.42. The van der Waals surface area contributed by atoms with Gasteiger partial charge in [0.25, 0.3) is 0 Å². The lowest BCUT2D eigenvalue weighted by Gasteiger charge is -2.25. The van der Waals surface area contributed by atoms with Gasteiger partial charge in [-0.1, -0.05) is 13.8 Å². The van der Waals surface area contributed by atoms with Crippen molar-refractivity contribution in [1.82, 2.24) is 15.0 Å². The molecule has 0 atom stereocenters. The lowest BCUT2D eigenvalue weighted by atomic mass is 9.88. The van der Waals surface area contributed by atoms with E-state index in [0.29, 0.717) is 11.9 Å². The lowest BCUT2D eigenvalue weighted by Crippen LogP contribution is -2.26. The molecule has 1 aromatic rings. The number of nitrogen functional groups attached to an aromatic ring is 1. The van der Waals surface area contributed by atoms with Crippen LogP contribution in [0.3, 0.4) is 0 Å². The normalized spacial score (nSPS) is 15.5. The molecule has 21 heavy (non-hydrogen) atoms. The van der Waals surface area contributed by atoms with Crippen LogP contribution in [0.1, 0.15) is 39.5 Å². The van der Waals surface area contributed by atoms with Crippen molar-refractivity contribution >= 4 is 17.8 Å². The van der Waals surface area contributed by atoms with Gasteiger partial charge in [0.1, 0.15) is 0 Å². The Bertz CT molecular complexity index is 459. The van der Waals surface area contributed by atoms with Crippen molar-refractivity contribution in [3.63, 3.8) is 0 Å². The molecule has 0 unspecified atom stereocenters. The number of nitrogens with two attached hydrogens (primary N) is 1. The molecule has 0 radical (unpaired) electrons. The number of aliphatic hydroxyl groups is 1. The third-order valence-corrected chi connectivity index (χ3v) is 3.77. The predicted molar refractivity (Wildman–Crippen MR) is 84.3 cm³/mol. The second-order valence-corrected chi connectivity index (χ2v) is 6.36. The molecule has 1 fully saturated rings. The van der Waals surface area contributed by atoms with Crippen molar-refractivity contribution in [2.75, 3.05) is 42.2 Å². The molecule has 1 aliphatic rings. The van der Waals surface area contributed by atoms with E-state index in [1.165, 1.54) is 12.8 Å². The van der Waals surface area contributed by atoms with E-state index in [9.17, 15) is 0 Å². The van der Waals surface area contributed by atoms with Crippen molar-refractivity contribution in [2.45, 2.75) is 39.5 Å². The standard InChI is InChI=1S/C14H26N6O/c1-14(2,6-5-9-21)10-16-12-17-11(15)18-13(19-12)20-7-3-4-8-20/h21H,3-10H2,1-2H3,(H3,15,16,17,18,19). The van der Waals surface area contributed by atoms with E-state index in [2.05, 4.69) is 39.0 Å². The Kier molecular flexibility index (Phi) is 5.17. The number of rotatable bonds is 7. The summed E-state index contributed by atoms with van der Waals surface area (Å²) in [5.74, 6) is 1.44. The minimum absolute atomic E-state index is 0.0674. The van der Waals surface area contributed by atoms with Gasteiger partial charge in [0, 0.05) is 26.2 Å². The quantitative estimate of drug-likeness (QED) is 0.696. The largest absolute Gasteiger partial charge is 0.396 e. The third-order valence-electron chi connectivity index (χ3n) is 3.77. The zero-order valence-corrected chi connectivity index (χ0v) is 13.0. The Morgan fingerprint density at radius 3 is 2.62 bits per heavy atom. The van der Waals surface area contributed by atoms with Gasteiger partial charge in [-0.05, 0) is 31.1 Å². The maximum Gasteiger partial charge on any atom is 0.231 e. The van der Waals surface area contributed by atoms with E-state index in [1.807, 2.05) is 0 Å². The minimum Gasteiger partial charge on any atom is -0.396 e. The van der Waals surface area contributed by atoms with E-state index in [4.69, 9.17) is 10.8 Å². The van der Waals surface area contributed by atoms with Crippen LogP contribution in [-0.4, -0.2) is 46.3 Å². The highest BCUT2D eigenvalue weighted by Gasteiger charge is 2.19. The van der Waals surface area contributed by atoms with E-state index < -0.39 is 0 Å². The molecule has 0 aliphatic carbocycles. The summed E-state index contributed by atoms with van der Waals surface area (Å²) in [4.78, 5) is 15.0. The fourth-order valence-electron chi connectivity index (χ4n) is 2.48. The first-order valence-corrected chi connectivity index (χ1v) is 7.61. The monoisotopic (exact) mass is 294 g/mol. The van der Waals surface area contributed by atoms with Crippen molar-refractivity contribution < 1.29 is 5.11 Å². The van der Waals surface area contributed by atoms with Crippen molar-refractivity contribution in [3.05, 3.63) is 0 Å². The fraction of sp³-hybridized carbons (Fsp3) is 0.786. The molecule has 1 aromatic heterocycles. The molecule has 7 heteroatoms. The molecule has 0 aromatic carbocycles. The number of hydrogen-bond donors (Lipinski definition) is 3. The van der Waals surface area contributed by atoms with Crippen LogP contribution >= 0.6 is 0 Å². The van der Waals surface area contributed by atoms with Crippen molar-refractivity contribution in [1.29, 1.82) is 0 Å². The zero-order chi connectivity index (χ0) is 15.3. The summed E-state index contributed by atoms with van der Waals surface area (Å²) in [5, 5.41) is 12.2. The average Bonchev–Trinajstić information content (AvgIpc) is 2.97. The molecule has 0 saturated carbocycles. The van der Waals surface area contributed by atoms with Crippen LogP contribution in [0.2, 0.25) is 0 Å². The summed E-state index contributed by atoms with van der Waals surface area (Å²) in [6.45, 7) is 7.22. The highest BCUT2D eigenvalue weighted by Crippen LogP contribution is 2.23. The van der Waals surface area contributed by atoms with Gasteiger partial charge in [-0.2, -0.15) is 15.0 Å². The minimum atomic E-state index is 0.0674. The second-order valence-electron chi connectivity index (χ2n) is 6.36. The summed E-state index contributed by atoms with van der Waals surface area (Å²) in [5.41, 5.74) is 5.85. The van der Waals surface area contributed by atoms with E-state index in [-0.39, 0.29) is 18.0 Å². The topological polar surface area (TPSA) is 100 Å². The summed E-state index contributed by atoms with van der Waals surface area (Å²) >= 11 is 0. The molecule has 2 rings (SSSR count). The Hall–Kier alpha value is -1.63. The van der Waals surface area contributed by atoms with E-state index >= 15 is 0 Å². The first kappa shape index (κ1) is 15.8. The van der Waals surface area contributed by atoms with E-state index in [1.54, 1.807) is 0 Å². The molecular formula is C14H26N6O. The van der Waals surface area contributed by atoms with Gasteiger partial charge in [0.05, 0.1) is 0 Å². The van der Waals surface area contributed by atoms with Crippen LogP contribution in [-0.2, 0) is 0 Å². The summed E-state index contributed by atoms with van der Waals surface area (Å²) in [6.07, 6.45) is 4.08. The molecule has 0 spiro atoms. The van der Waals surface area contributed by atoms with Crippen LogP contribution in [0.4, 0.5) is 17.8 Å². The average molecular weight is 294 g/mol. The smallest absolute Gasteiger partial charge is 0.231 e. The summed E-state index contributed by atoms with van der Waals surface area (Å²) in [6, 6.07) is 0. The zero-order valence-electron chi connectivity index (χ0n) is 13.0. The highest BCUT2D eigenvalue weighted by atomic mass is 16.2. The Labute approximate surface area is 126 Å². The molecule has 0 amide bonds. The van der Waals surface area contributed by atoms with E-state index in [0.717, 1.165) is 32.5 Å². The fourth-order valence-corrected chi connectivity index (χ4v) is 2.48. The molecule has 1 aliphatic heterocycles. The lowest BCUT2D eigenvalue weighted by molar-refractivity contribution is 0.247. The van der Waals surface area contributed by atoms with Crippen LogP contribution < -0.4 is 16.0 Å². The maximum absolute atomic E-state index is 8.93. The summed E-state index contributed by atoms with van der Waals surface area (Å²) < 4.78 is 0. The first-order chi connectivity index (χ1) is 10.00. The SMILES string of the molecule is CC(C)(CCCO)CNc1nc(N)nc(N2CCCC2)n1. The summed E-state index contributed by atoms with van der Waals surface area (Å²) in [7, 11) is 0. The number of aliphatic hydroxyl groups excluding tert-OH is 1. The van der Waals surface area contributed by atoms with Gasteiger partial charge in [-0.25, -0.2) is 0 Å². The number of nitrogens with zero attached hydrogens (tertiary/aromatic N) is 4. The molecule has 0 bridgehead atoms. The molecular weight excluding hydrogens is 268 g/mol.